The van der Waals surface area contributed by atoms with Gasteiger partial charge in [0.25, 0.3) is 0 Å². The van der Waals surface area contributed by atoms with Crippen molar-refractivity contribution in [1.29, 1.82) is 0 Å². The van der Waals surface area contributed by atoms with E-state index in [0.29, 0.717) is 35.0 Å². The van der Waals surface area contributed by atoms with Crippen LogP contribution < -0.4 is 10.1 Å². The number of fused-ring (bicyclic) bond motifs is 3. The van der Waals surface area contributed by atoms with Gasteiger partial charge in [-0.1, -0.05) is 35.8 Å². The monoisotopic (exact) mass is 522 g/mol. The molecule has 1 saturated carbocycles. The maximum Gasteiger partial charge on any atom is 0.317 e. The number of halogens is 2. The number of pyridine rings is 1. The number of hydrogen-bond donors (Lipinski definition) is 1. The number of nitrogens with zero attached hydrogens (tertiary/aromatic N) is 1. The van der Waals surface area contributed by atoms with Gasteiger partial charge in [0.1, 0.15) is 5.52 Å². The smallest absolute Gasteiger partial charge is 0.317 e. The van der Waals surface area contributed by atoms with E-state index in [1.54, 1.807) is 13.1 Å². The van der Waals surface area contributed by atoms with Crippen LogP contribution in [0, 0.1) is 16.2 Å². The zero-order valence-electron chi connectivity index (χ0n) is 16.3. The highest BCUT2D eigenvalue weighted by Gasteiger charge is 2.61. The molecule has 8 heteroatoms. The highest BCUT2D eigenvalue weighted by atomic mass is 79.9. The van der Waals surface area contributed by atoms with E-state index in [1.165, 1.54) is 0 Å². The SMILES string of the molecule is CC12CC(C)(CC(C)(C(=O)Oc3c(Br)cc(Br)c4cccnc34)C1)C(=O)NC2=O. The van der Waals surface area contributed by atoms with Crippen LogP contribution in [0.4, 0.5) is 0 Å². The summed E-state index contributed by atoms with van der Waals surface area (Å²) in [6.07, 6.45) is 2.69. The van der Waals surface area contributed by atoms with Crippen LogP contribution in [-0.4, -0.2) is 22.8 Å². The first-order chi connectivity index (χ1) is 13.5. The van der Waals surface area contributed by atoms with Crippen molar-refractivity contribution >= 4 is 60.5 Å². The summed E-state index contributed by atoms with van der Waals surface area (Å²) in [5.41, 5.74) is -2.03. The van der Waals surface area contributed by atoms with E-state index in [4.69, 9.17) is 4.74 Å². The largest absolute Gasteiger partial charge is 0.423 e. The highest BCUT2D eigenvalue weighted by Crippen LogP contribution is 2.57. The molecule has 1 aromatic heterocycles. The van der Waals surface area contributed by atoms with Gasteiger partial charge in [-0.2, -0.15) is 0 Å². The average molecular weight is 524 g/mol. The molecule has 152 valence electrons. The van der Waals surface area contributed by atoms with Gasteiger partial charge in [0.05, 0.1) is 9.89 Å². The number of aromatic nitrogens is 1. The molecule has 2 heterocycles. The van der Waals surface area contributed by atoms with Crippen molar-refractivity contribution in [2.75, 3.05) is 0 Å². The summed E-state index contributed by atoms with van der Waals surface area (Å²) in [4.78, 5) is 42.8. The topological polar surface area (TPSA) is 85.4 Å². The first-order valence-corrected chi connectivity index (χ1v) is 10.9. The van der Waals surface area contributed by atoms with Crippen LogP contribution in [0.25, 0.3) is 10.9 Å². The van der Waals surface area contributed by atoms with E-state index < -0.39 is 22.2 Å². The predicted octanol–water partition coefficient (Wildman–Crippen LogP) is 4.52. The molecule has 1 saturated heterocycles. The van der Waals surface area contributed by atoms with Gasteiger partial charge in [-0.15, -0.1) is 0 Å². The van der Waals surface area contributed by atoms with Crippen molar-refractivity contribution in [3.05, 3.63) is 33.3 Å². The number of carbonyl (C=O) groups is 3. The molecule has 29 heavy (non-hydrogen) atoms. The number of imide groups is 1. The predicted molar refractivity (Wildman–Crippen MR) is 114 cm³/mol. The second kappa shape index (κ2) is 6.60. The highest BCUT2D eigenvalue weighted by molar-refractivity contribution is 9.11. The molecular weight excluding hydrogens is 504 g/mol. The fraction of sp³-hybridized carbons (Fsp3) is 0.429. The van der Waals surface area contributed by atoms with Gasteiger partial charge in [-0.25, -0.2) is 0 Å². The molecule has 1 aliphatic heterocycles. The molecule has 2 aromatic rings. The van der Waals surface area contributed by atoms with Crippen molar-refractivity contribution in [2.45, 2.75) is 40.0 Å². The summed E-state index contributed by atoms with van der Waals surface area (Å²) in [6.45, 7) is 5.40. The quantitative estimate of drug-likeness (QED) is 0.355. The molecule has 4 rings (SSSR count). The lowest BCUT2D eigenvalue weighted by molar-refractivity contribution is -0.169. The number of ether oxygens (including phenoxy) is 1. The zero-order valence-corrected chi connectivity index (χ0v) is 19.4. The molecule has 0 radical (unpaired) electrons. The van der Waals surface area contributed by atoms with E-state index >= 15 is 0 Å². The number of carbonyl (C=O) groups excluding carboxylic acids is 3. The van der Waals surface area contributed by atoms with Gasteiger partial charge in [-0.05, 0) is 54.2 Å². The third-order valence-corrected chi connectivity index (χ3v) is 7.35. The Labute approximate surface area is 185 Å². The van der Waals surface area contributed by atoms with Gasteiger partial charge in [0.15, 0.2) is 5.75 Å². The van der Waals surface area contributed by atoms with E-state index in [0.717, 1.165) is 9.86 Å². The molecule has 2 bridgehead atoms. The fourth-order valence-corrected chi connectivity index (χ4v) is 6.45. The summed E-state index contributed by atoms with van der Waals surface area (Å²) in [5.74, 6) is -0.782. The van der Waals surface area contributed by atoms with Crippen molar-refractivity contribution in [3.8, 4) is 5.75 Å². The van der Waals surface area contributed by atoms with Crippen LogP contribution in [0.2, 0.25) is 0 Å². The molecule has 0 spiro atoms. The third-order valence-electron chi connectivity index (χ3n) is 6.10. The second-order valence-corrected chi connectivity index (χ2v) is 10.7. The summed E-state index contributed by atoms with van der Waals surface area (Å²) >= 11 is 6.96. The van der Waals surface area contributed by atoms with Gasteiger partial charge in [0, 0.05) is 26.9 Å². The average Bonchev–Trinajstić information content (AvgIpc) is 2.63. The van der Waals surface area contributed by atoms with Crippen LogP contribution in [-0.2, 0) is 14.4 Å². The van der Waals surface area contributed by atoms with Crippen LogP contribution >= 0.6 is 31.9 Å². The van der Waals surface area contributed by atoms with Gasteiger partial charge >= 0.3 is 5.97 Å². The summed E-state index contributed by atoms with van der Waals surface area (Å²) in [6, 6.07) is 5.50. The minimum absolute atomic E-state index is 0.313. The molecule has 2 unspecified atom stereocenters. The second-order valence-electron chi connectivity index (χ2n) is 8.95. The molecular formula is C21H20Br2N2O4. The Morgan fingerprint density at radius 3 is 2.31 bits per heavy atom. The molecule has 1 aromatic carbocycles. The first kappa shape index (κ1) is 20.5. The van der Waals surface area contributed by atoms with E-state index in [9.17, 15) is 14.4 Å². The molecule has 1 N–H and O–H groups in total. The van der Waals surface area contributed by atoms with Gasteiger partial charge < -0.3 is 4.74 Å². The van der Waals surface area contributed by atoms with Gasteiger partial charge in [-0.3, -0.25) is 24.7 Å². The number of benzene rings is 1. The minimum Gasteiger partial charge on any atom is -0.423 e. The fourth-order valence-electron chi connectivity index (χ4n) is 5.10. The Kier molecular flexibility index (Phi) is 4.66. The molecule has 1 aliphatic carbocycles. The normalized spacial score (nSPS) is 31.5. The third kappa shape index (κ3) is 3.20. The molecule has 2 aliphatic rings. The maximum absolute atomic E-state index is 13.4. The number of hydrogen-bond acceptors (Lipinski definition) is 5. The lowest BCUT2D eigenvalue weighted by atomic mass is 9.52. The number of esters is 1. The summed E-state index contributed by atoms with van der Waals surface area (Å²) in [7, 11) is 0. The van der Waals surface area contributed by atoms with Crippen molar-refractivity contribution in [1.82, 2.24) is 10.3 Å². The standard InChI is InChI=1S/C21H20Br2N2O4/c1-19-8-20(2,17(27)25-16(19)26)10-21(3,9-19)18(28)29-15-13(23)7-12(22)11-5-4-6-24-14(11)15/h4-7H,8-10H2,1-3H3,(H,25,26,27). The Bertz CT molecular complexity index is 1060. The zero-order chi connectivity index (χ0) is 21.2. The van der Waals surface area contributed by atoms with Crippen LogP contribution in [0.5, 0.6) is 5.75 Å². The Morgan fingerprint density at radius 1 is 1.07 bits per heavy atom. The van der Waals surface area contributed by atoms with E-state index in [2.05, 4.69) is 42.2 Å². The maximum atomic E-state index is 13.4. The lowest BCUT2D eigenvalue weighted by Gasteiger charge is -2.52. The van der Waals surface area contributed by atoms with Crippen LogP contribution in [0.1, 0.15) is 40.0 Å². The lowest BCUT2D eigenvalue weighted by Crippen LogP contribution is -2.63. The minimum atomic E-state index is -0.983. The van der Waals surface area contributed by atoms with E-state index in [1.807, 2.05) is 32.0 Å². The molecule has 2 amide bonds. The van der Waals surface area contributed by atoms with E-state index in [-0.39, 0.29) is 11.8 Å². The first-order valence-electron chi connectivity index (χ1n) is 9.28. The van der Waals surface area contributed by atoms with Crippen LogP contribution in [0.3, 0.4) is 0 Å². The number of piperidine rings is 1. The number of rotatable bonds is 2. The van der Waals surface area contributed by atoms with Crippen LogP contribution in [0.15, 0.2) is 33.3 Å². The Morgan fingerprint density at radius 2 is 1.69 bits per heavy atom. The van der Waals surface area contributed by atoms with Gasteiger partial charge in [0.2, 0.25) is 11.8 Å². The summed E-state index contributed by atoms with van der Waals surface area (Å²) in [5, 5.41) is 3.29. The number of amides is 2. The Hall–Kier alpha value is -1.80. The molecule has 2 atom stereocenters. The van der Waals surface area contributed by atoms with Crippen molar-refractivity contribution in [2.24, 2.45) is 16.2 Å². The Balaban J connectivity index is 1.73. The number of nitrogens with one attached hydrogen (secondary N) is 1. The van der Waals surface area contributed by atoms with Crippen molar-refractivity contribution in [3.63, 3.8) is 0 Å². The molecule has 2 fully saturated rings. The molecule has 6 nitrogen and oxygen atoms in total. The van der Waals surface area contributed by atoms with Crippen molar-refractivity contribution < 1.29 is 19.1 Å². The summed E-state index contributed by atoms with van der Waals surface area (Å²) < 4.78 is 7.29.